The van der Waals surface area contributed by atoms with Gasteiger partial charge in [0.1, 0.15) is 17.3 Å². The van der Waals surface area contributed by atoms with Gasteiger partial charge < -0.3 is 14.8 Å². The summed E-state index contributed by atoms with van der Waals surface area (Å²) in [7, 11) is 3.20. The van der Waals surface area contributed by atoms with E-state index in [9.17, 15) is 4.79 Å². The van der Waals surface area contributed by atoms with Gasteiger partial charge in [-0.25, -0.2) is 4.98 Å². The van der Waals surface area contributed by atoms with Gasteiger partial charge in [-0.1, -0.05) is 19.9 Å². The van der Waals surface area contributed by atoms with Gasteiger partial charge >= 0.3 is 0 Å². The SMILES string of the molecule is CNC(=O)c1ccc(-c2cnc(C)nc2OC[C@@H](C)[C@H](C)c2ccc(OC)cn2)cn1. The molecule has 8 heteroatoms. The second-order valence-corrected chi connectivity index (χ2v) is 7.35. The van der Waals surface area contributed by atoms with Crippen LogP contribution in [0.25, 0.3) is 11.1 Å². The zero-order chi connectivity index (χ0) is 22.4. The molecule has 2 atom stereocenters. The standard InChI is InChI=1S/C23H27N5O3/c1-14(15(2)20-9-7-18(30-5)11-27-20)13-31-23-19(12-25-16(3)28-23)17-6-8-21(26-10-17)22(29)24-4/h6-12,14-15H,13H2,1-5H3,(H,24,29)/t14-,15+/m1/s1. The van der Waals surface area contributed by atoms with Crippen LogP contribution in [0.1, 0.15) is 41.8 Å². The molecule has 3 heterocycles. The van der Waals surface area contributed by atoms with Crippen LogP contribution >= 0.6 is 0 Å². The lowest BCUT2D eigenvalue weighted by Gasteiger charge is -2.20. The topological polar surface area (TPSA) is 99.1 Å². The van der Waals surface area contributed by atoms with Crippen molar-refractivity contribution in [3.05, 3.63) is 60.1 Å². The summed E-state index contributed by atoms with van der Waals surface area (Å²) >= 11 is 0. The molecule has 0 fully saturated rings. The Balaban J connectivity index is 1.75. The van der Waals surface area contributed by atoms with Gasteiger partial charge in [-0.05, 0) is 31.0 Å². The Morgan fingerprint density at radius 2 is 1.87 bits per heavy atom. The number of aromatic nitrogens is 4. The van der Waals surface area contributed by atoms with E-state index < -0.39 is 0 Å². The summed E-state index contributed by atoms with van der Waals surface area (Å²) in [5.41, 5.74) is 2.82. The molecule has 3 rings (SSSR count). The van der Waals surface area contributed by atoms with Gasteiger partial charge in [0.15, 0.2) is 0 Å². The van der Waals surface area contributed by atoms with Crippen LogP contribution in [0.5, 0.6) is 11.6 Å². The van der Waals surface area contributed by atoms with Crippen LogP contribution in [0.3, 0.4) is 0 Å². The normalized spacial score (nSPS) is 12.7. The Bertz CT molecular complexity index is 1020. The third-order valence-corrected chi connectivity index (χ3v) is 5.21. The number of aryl methyl sites for hydroxylation is 1. The fourth-order valence-corrected chi connectivity index (χ4v) is 3.00. The van der Waals surface area contributed by atoms with E-state index in [2.05, 4.69) is 39.1 Å². The van der Waals surface area contributed by atoms with Crippen LogP contribution in [-0.2, 0) is 0 Å². The molecule has 0 aliphatic heterocycles. The molecule has 0 bridgehead atoms. The van der Waals surface area contributed by atoms with Crippen molar-refractivity contribution in [2.24, 2.45) is 5.92 Å². The summed E-state index contributed by atoms with van der Waals surface area (Å²) in [5.74, 6) is 1.98. The molecule has 0 radical (unpaired) electrons. The van der Waals surface area contributed by atoms with Crippen molar-refractivity contribution in [3.63, 3.8) is 0 Å². The van der Waals surface area contributed by atoms with Gasteiger partial charge in [-0.2, -0.15) is 4.98 Å². The van der Waals surface area contributed by atoms with Gasteiger partial charge in [0, 0.05) is 36.6 Å². The first kappa shape index (κ1) is 22.1. The lowest BCUT2D eigenvalue weighted by Crippen LogP contribution is -2.19. The van der Waals surface area contributed by atoms with Crippen LogP contribution in [0.2, 0.25) is 0 Å². The Morgan fingerprint density at radius 3 is 2.48 bits per heavy atom. The van der Waals surface area contributed by atoms with E-state index in [4.69, 9.17) is 9.47 Å². The smallest absolute Gasteiger partial charge is 0.269 e. The maximum Gasteiger partial charge on any atom is 0.269 e. The van der Waals surface area contributed by atoms with E-state index in [-0.39, 0.29) is 17.7 Å². The van der Waals surface area contributed by atoms with Crippen molar-refractivity contribution in [3.8, 4) is 22.8 Å². The minimum Gasteiger partial charge on any atom is -0.495 e. The van der Waals surface area contributed by atoms with Crippen LogP contribution < -0.4 is 14.8 Å². The second-order valence-electron chi connectivity index (χ2n) is 7.35. The quantitative estimate of drug-likeness (QED) is 0.595. The van der Waals surface area contributed by atoms with E-state index in [1.54, 1.807) is 38.8 Å². The molecule has 0 saturated carbocycles. The van der Waals surface area contributed by atoms with Gasteiger partial charge in [0.05, 0.1) is 25.5 Å². The number of hydrogen-bond acceptors (Lipinski definition) is 7. The Kier molecular flexibility index (Phi) is 7.12. The molecule has 3 aromatic heterocycles. The molecule has 0 spiro atoms. The van der Waals surface area contributed by atoms with Gasteiger partial charge in [-0.15, -0.1) is 0 Å². The second kappa shape index (κ2) is 9.97. The number of methoxy groups -OCH3 is 1. The highest BCUT2D eigenvalue weighted by Crippen LogP contribution is 2.29. The van der Waals surface area contributed by atoms with Gasteiger partial charge in [-0.3, -0.25) is 14.8 Å². The van der Waals surface area contributed by atoms with Crippen molar-refractivity contribution in [2.45, 2.75) is 26.7 Å². The highest BCUT2D eigenvalue weighted by Gasteiger charge is 2.19. The van der Waals surface area contributed by atoms with Crippen molar-refractivity contribution in [1.29, 1.82) is 0 Å². The average Bonchev–Trinajstić information content (AvgIpc) is 2.81. The fourth-order valence-electron chi connectivity index (χ4n) is 3.00. The number of nitrogens with one attached hydrogen (secondary N) is 1. The van der Waals surface area contributed by atoms with Crippen molar-refractivity contribution < 1.29 is 14.3 Å². The van der Waals surface area contributed by atoms with Crippen LogP contribution in [-0.4, -0.2) is 46.6 Å². The molecule has 1 N–H and O–H groups in total. The highest BCUT2D eigenvalue weighted by molar-refractivity contribution is 5.92. The van der Waals surface area contributed by atoms with Gasteiger partial charge in [0.2, 0.25) is 5.88 Å². The summed E-state index contributed by atoms with van der Waals surface area (Å²) < 4.78 is 11.3. The maximum atomic E-state index is 11.7. The monoisotopic (exact) mass is 421 g/mol. The van der Waals surface area contributed by atoms with E-state index >= 15 is 0 Å². The molecule has 8 nitrogen and oxygen atoms in total. The lowest BCUT2D eigenvalue weighted by atomic mass is 9.93. The molecule has 1 amide bonds. The number of amides is 1. The number of nitrogens with zero attached hydrogens (tertiary/aromatic N) is 4. The van der Waals surface area contributed by atoms with Gasteiger partial charge in [0.25, 0.3) is 5.91 Å². The summed E-state index contributed by atoms with van der Waals surface area (Å²) in [5, 5.41) is 2.56. The fraction of sp³-hybridized carbons (Fsp3) is 0.348. The molecule has 0 unspecified atom stereocenters. The van der Waals surface area contributed by atoms with Crippen LogP contribution in [0, 0.1) is 12.8 Å². The first-order valence-electron chi connectivity index (χ1n) is 10.1. The minimum atomic E-state index is -0.238. The maximum absolute atomic E-state index is 11.7. The molecule has 0 aliphatic rings. The number of pyridine rings is 2. The number of ether oxygens (including phenoxy) is 2. The zero-order valence-electron chi connectivity index (χ0n) is 18.4. The summed E-state index contributed by atoms with van der Waals surface area (Å²) in [4.78, 5) is 29.2. The first-order valence-corrected chi connectivity index (χ1v) is 10.1. The summed E-state index contributed by atoms with van der Waals surface area (Å²) in [6.45, 7) is 6.51. The number of rotatable bonds is 8. The molecule has 31 heavy (non-hydrogen) atoms. The number of carbonyl (C=O) groups is 1. The third-order valence-electron chi connectivity index (χ3n) is 5.21. The highest BCUT2D eigenvalue weighted by atomic mass is 16.5. The number of carbonyl (C=O) groups excluding carboxylic acids is 1. The van der Waals surface area contributed by atoms with Crippen LogP contribution in [0.15, 0.2) is 42.9 Å². The number of hydrogen-bond donors (Lipinski definition) is 1. The predicted octanol–water partition coefficient (Wildman–Crippen LogP) is 3.43. The molecular formula is C23H27N5O3. The molecule has 0 aromatic carbocycles. The van der Waals surface area contributed by atoms with E-state index in [0.29, 0.717) is 24.0 Å². The van der Waals surface area contributed by atoms with Crippen LogP contribution in [0.4, 0.5) is 0 Å². The van der Waals surface area contributed by atoms with E-state index in [1.165, 1.54) is 0 Å². The largest absolute Gasteiger partial charge is 0.495 e. The van der Waals surface area contributed by atoms with Crippen molar-refractivity contribution in [2.75, 3.05) is 20.8 Å². The summed E-state index contributed by atoms with van der Waals surface area (Å²) in [6, 6.07) is 7.36. The zero-order valence-corrected chi connectivity index (χ0v) is 18.4. The Morgan fingerprint density at radius 1 is 1.06 bits per heavy atom. The third kappa shape index (κ3) is 5.33. The van der Waals surface area contributed by atoms with E-state index in [0.717, 1.165) is 22.6 Å². The molecular weight excluding hydrogens is 394 g/mol. The molecule has 0 aliphatic carbocycles. The van der Waals surface area contributed by atoms with Crippen molar-refractivity contribution >= 4 is 5.91 Å². The first-order chi connectivity index (χ1) is 14.9. The van der Waals surface area contributed by atoms with Crippen molar-refractivity contribution in [1.82, 2.24) is 25.3 Å². The molecule has 162 valence electrons. The molecule has 0 saturated heterocycles. The summed E-state index contributed by atoms with van der Waals surface area (Å²) in [6.07, 6.45) is 5.06. The minimum absolute atomic E-state index is 0.186. The van der Waals surface area contributed by atoms with E-state index in [1.807, 2.05) is 25.1 Å². The molecule has 3 aromatic rings. The predicted molar refractivity (Wildman–Crippen MR) is 117 cm³/mol. The average molecular weight is 422 g/mol. The lowest BCUT2D eigenvalue weighted by molar-refractivity contribution is 0.0958. The Hall–Kier alpha value is -3.55. The Labute approximate surface area is 182 Å².